The lowest BCUT2D eigenvalue weighted by Gasteiger charge is -2.13. The van der Waals surface area contributed by atoms with Crippen molar-refractivity contribution in [3.05, 3.63) is 47.5 Å². The molecule has 76 valence electrons. The minimum absolute atomic E-state index is 0.493. The summed E-state index contributed by atoms with van der Waals surface area (Å²) < 4.78 is 0. The first-order chi connectivity index (χ1) is 6.56. The first kappa shape index (κ1) is 11.0. The first-order valence-electron chi connectivity index (χ1n) is 4.97. The number of benzene rings is 1. The molecule has 0 radical (unpaired) electrons. The molecule has 0 amide bonds. The number of hydrogen-bond acceptors (Lipinski definition) is 1. The van der Waals surface area contributed by atoms with Gasteiger partial charge in [-0.1, -0.05) is 38.1 Å². The molecule has 0 aliphatic heterocycles. The maximum atomic E-state index is 9.61. The highest BCUT2D eigenvalue weighted by Crippen LogP contribution is 2.23. The van der Waals surface area contributed by atoms with Crippen LogP contribution in [0.3, 0.4) is 0 Å². The Kier molecular flexibility index (Phi) is 3.48. The summed E-state index contributed by atoms with van der Waals surface area (Å²) in [5, 5.41) is 9.61. The first-order valence-corrected chi connectivity index (χ1v) is 4.97. The van der Waals surface area contributed by atoms with Crippen LogP contribution in [-0.4, -0.2) is 5.11 Å². The molecule has 0 aromatic heterocycles. The summed E-state index contributed by atoms with van der Waals surface area (Å²) >= 11 is 0. The molecule has 14 heavy (non-hydrogen) atoms. The molecule has 0 spiro atoms. The molecule has 0 saturated heterocycles. The summed E-state index contributed by atoms with van der Waals surface area (Å²) in [6.45, 7) is 10.00. The zero-order valence-electron chi connectivity index (χ0n) is 9.12. The molecule has 1 aromatic rings. The van der Waals surface area contributed by atoms with Gasteiger partial charge >= 0.3 is 0 Å². The van der Waals surface area contributed by atoms with Gasteiger partial charge in [-0.3, -0.25) is 0 Å². The van der Waals surface area contributed by atoms with Crippen molar-refractivity contribution >= 4 is 0 Å². The van der Waals surface area contributed by atoms with Gasteiger partial charge in [0.1, 0.15) is 0 Å². The van der Waals surface area contributed by atoms with Gasteiger partial charge < -0.3 is 5.11 Å². The monoisotopic (exact) mass is 190 g/mol. The summed E-state index contributed by atoms with van der Waals surface area (Å²) in [6, 6.07) is 6.07. The molecule has 1 unspecified atom stereocenters. The van der Waals surface area contributed by atoms with Gasteiger partial charge in [0.15, 0.2) is 0 Å². The van der Waals surface area contributed by atoms with Crippen molar-refractivity contribution in [2.45, 2.75) is 32.8 Å². The van der Waals surface area contributed by atoms with E-state index in [4.69, 9.17) is 0 Å². The van der Waals surface area contributed by atoms with Crippen LogP contribution in [0, 0.1) is 6.92 Å². The van der Waals surface area contributed by atoms with Crippen LogP contribution in [0.25, 0.3) is 0 Å². The Bertz CT molecular complexity index is 326. The van der Waals surface area contributed by atoms with Gasteiger partial charge in [-0.25, -0.2) is 0 Å². The van der Waals surface area contributed by atoms with Crippen LogP contribution in [0.15, 0.2) is 30.9 Å². The van der Waals surface area contributed by atoms with Crippen molar-refractivity contribution in [2.75, 3.05) is 0 Å². The Morgan fingerprint density at radius 3 is 2.50 bits per heavy atom. The van der Waals surface area contributed by atoms with E-state index in [1.54, 1.807) is 6.08 Å². The van der Waals surface area contributed by atoms with E-state index in [2.05, 4.69) is 39.5 Å². The maximum Gasteiger partial charge on any atom is 0.0969 e. The molecule has 1 rings (SSSR count). The summed E-state index contributed by atoms with van der Waals surface area (Å²) in [6.07, 6.45) is 1.00. The zero-order chi connectivity index (χ0) is 10.7. The van der Waals surface area contributed by atoms with Gasteiger partial charge in [-0.05, 0) is 29.5 Å². The Morgan fingerprint density at radius 2 is 2.00 bits per heavy atom. The van der Waals surface area contributed by atoms with Gasteiger partial charge in [0.05, 0.1) is 6.10 Å². The minimum Gasteiger partial charge on any atom is -0.384 e. The standard InChI is InChI=1S/C13H18O/c1-5-13(14)11-7-6-10(4)12(8-11)9(2)3/h5-9,13-14H,1H2,2-4H3. The van der Waals surface area contributed by atoms with Crippen molar-refractivity contribution in [3.8, 4) is 0 Å². The molecule has 0 aliphatic rings. The summed E-state index contributed by atoms with van der Waals surface area (Å²) in [7, 11) is 0. The quantitative estimate of drug-likeness (QED) is 0.725. The van der Waals surface area contributed by atoms with Crippen molar-refractivity contribution < 1.29 is 5.11 Å². The fraction of sp³-hybridized carbons (Fsp3) is 0.385. The van der Waals surface area contributed by atoms with E-state index < -0.39 is 6.10 Å². The van der Waals surface area contributed by atoms with Crippen LogP contribution < -0.4 is 0 Å². The Balaban J connectivity index is 3.12. The van der Waals surface area contributed by atoms with Gasteiger partial charge in [0.25, 0.3) is 0 Å². The molecular formula is C13H18O. The Morgan fingerprint density at radius 1 is 1.36 bits per heavy atom. The van der Waals surface area contributed by atoms with E-state index in [1.807, 2.05) is 6.07 Å². The highest BCUT2D eigenvalue weighted by Gasteiger charge is 2.07. The van der Waals surface area contributed by atoms with Gasteiger partial charge in [-0.15, -0.1) is 6.58 Å². The lowest BCUT2D eigenvalue weighted by molar-refractivity contribution is 0.229. The topological polar surface area (TPSA) is 20.2 Å². The molecule has 0 saturated carbocycles. The smallest absolute Gasteiger partial charge is 0.0969 e. The van der Waals surface area contributed by atoms with E-state index in [9.17, 15) is 5.11 Å². The zero-order valence-corrected chi connectivity index (χ0v) is 9.12. The van der Waals surface area contributed by atoms with Gasteiger partial charge in [0.2, 0.25) is 0 Å². The maximum absolute atomic E-state index is 9.61. The number of aliphatic hydroxyl groups is 1. The van der Waals surface area contributed by atoms with E-state index in [-0.39, 0.29) is 0 Å². The molecule has 0 heterocycles. The highest BCUT2D eigenvalue weighted by molar-refractivity contribution is 5.35. The predicted molar refractivity (Wildman–Crippen MR) is 60.4 cm³/mol. The van der Waals surface area contributed by atoms with Crippen molar-refractivity contribution in [1.82, 2.24) is 0 Å². The predicted octanol–water partition coefficient (Wildman–Crippen LogP) is 3.34. The molecule has 1 heteroatoms. The van der Waals surface area contributed by atoms with Crippen molar-refractivity contribution in [3.63, 3.8) is 0 Å². The third kappa shape index (κ3) is 2.24. The molecule has 1 nitrogen and oxygen atoms in total. The van der Waals surface area contributed by atoms with Crippen molar-refractivity contribution in [1.29, 1.82) is 0 Å². The molecule has 0 bridgehead atoms. The Labute approximate surface area is 86.1 Å². The molecule has 1 atom stereocenters. The number of rotatable bonds is 3. The molecule has 1 aromatic carbocycles. The second-order valence-corrected chi connectivity index (χ2v) is 3.95. The molecular weight excluding hydrogens is 172 g/mol. The third-order valence-corrected chi connectivity index (χ3v) is 2.49. The number of aryl methyl sites for hydroxylation is 1. The van der Waals surface area contributed by atoms with Gasteiger partial charge in [0, 0.05) is 0 Å². The third-order valence-electron chi connectivity index (χ3n) is 2.49. The van der Waals surface area contributed by atoms with Crippen LogP contribution in [0.1, 0.15) is 42.6 Å². The van der Waals surface area contributed by atoms with Crippen LogP contribution in [0.5, 0.6) is 0 Å². The van der Waals surface area contributed by atoms with Crippen molar-refractivity contribution in [2.24, 2.45) is 0 Å². The van der Waals surface area contributed by atoms with Crippen LogP contribution >= 0.6 is 0 Å². The fourth-order valence-corrected chi connectivity index (χ4v) is 1.60. The summed E-state index contributed by atoms with van der Waals surface area (Å²) in [5.74, 6) is 0.493. The molecule has 0 aliphatic carbocycles. The molecule has 0 fully saturated rings. The largest absolute Gasteiger partial charge is 0.384 e. The summed E-state index contributed by atoms with van der Waals surface area (Å²) in [4.78, 5) is 0. The second kappa shape index (κ2) is 4.43. The Hall–Kier alpha value is -1.08. The highest BCUT2D eigenvalue weighted by atomic mass is 16.3. The normalized spacial score (nSPS) is 12.9. The van der Waals surface area contributed by atoms with E-state index >= 15 is 0 Å². The number of hydrogen-bond donors (Lipinski definition) is 1. The van der Waals surface area contributed by atoms with Crippen LogP contribution in [0.2, 0.25) is 0 Å². The number of aliphatic hydroxyl groups excluding tert-OH is 1. The minimum atomic E-state index is -0.548. The van der Waals surface area contributed by atoms with Crippen LogP contribution in [-0.2, 0) is 0 Å². The lowest BCUT2D eigenvalue weighted by Crippen LogP contribution is -1.98. The average molecular weight is 190 g/mol. The molecule has 1 N–H and O–H groups in total. The second-order valence-electron chi connectivity index (χ2n) is 3.95. The van der Waals surface area contributed by atoms with E-state index in [0.717, 1.165) is 5.56 Å². The lowest BCUT2D eigenvalue weighted by atomic mass is 9.94. The fourth-order valence-electron chi connectivity index (χ4n) is 1.60. The average Bonchev–Trinajstić information content (AvgIpc) is 2.17. The van der Waals surface area contributed by atoms with Crippen LogP contribution in [0.4, 0.5) is 0 Å². The van der Waals surface area contributed by atoms with Gasteiger partial charge in [-0.2, -0.15) is 0 Å². The SMILES string of the molecule is C=CC(O)c1ccc(C)c(C(C)C)c1. The summed E-state index contributed by atoms with van der Waals surface area (Å²) in [5.41, 5.74) is 3.50. The van der Waals surface area contributed by atoms with E-state index in [1.165, 1.54) is 11.1 Å². The van der Waals surface area contributed by atoms with E-state index in [0.29, 0.717) is 5.92 Å².